The van der Waals surface area contributed by atoms with Gasteiger partial charge in [-0.2, -0.15) is 0 Å². The van der Waals surface area contributed by atoms with Crippen molar-refractivity contribution in [1.82, 2.24) is 4.90 Å². The first-order valence-electron chi connectivity index (χ1n) is 7.50. The molecule has 0 unspecified atom stereocenters. The van der Waals surface area contributed by atoms with E-state index in [2.05, 4.69) is 11.2 Å². The zero-order valence-electron chi connectivity index (χ0n) is 13.8. The molecule has 22 heavy (non-hydrogen) atoms. The lowest BCUT2D eigenvalue weighted by atomic mass is 10.1. The summed E-state index contributed by atoms with van der Waals surface area (Å²) in [6.45, 7) is 7.45. The Morgan fingerprint density at radius 1 is 1.32 bits per heavy atom. The Balaban J connectivity index is 3.03. The smallest absolute Gasteiger partial charge is 0.247 e. The number of anilines is 1. The van der Waals surface area contributed by atoms with Gasteiger partial charge in [0, 0.05) is 12.6 Å². The van der Waals surface area contributed by atoms with Crippen LogP contribution in [0.5, 0.6) is 0 Å². The Kier molecular flexibility index (Phi) is 6.65. The van der Waals surface area contributed by atoms with Crippen LogP contribution >= 0.6 is 0 Å². The molecule has 1 aromatic carbocycles. The Hall–Kier alpha value is -2.28. The van der Waals surface area contributed by atoms with Crippen LogP contribution in [0.1, 0.15) is 37.8 Å². The lowest BCUT2D eigenvalue weighted by Gasteiger charge is -2.28. The molecule has 0 fully saturated rings. The molecule has 1 rings (SSSR count). The highest BCUT2D eigenvalue weighted by Gasteiger charge is 2.27. The van der Waals surface area contributed by atoms with E-state index >= 15 is 0 Å². The summed E-state index contributed by atoms with van der Waals surface area (Å²) in [7, 11) is 0. The molecule has 1 N–H and O–H groups in total. The number of hydrogen-bond donors (Lipinski definition) is 1. The summed E-state index contributed by atoms with van der Waals surface area (Å²) in [5.74, 6) is 2.08. The highest BCUT2D eigenvalue weighted by atomic mass is 16.2. The van der Waals surface area contributed by atoms with E-state index in [1.807, 2.05) is 39.0 Å². The predicted molar refractivity (Wildman–Crippen MR) is 89.5 cm³/mol. The van der Waals surface area contributed by atoms with Gasteiger partial charge in [0.05, 0.1) is 6.54 Å². The van der Waals surface area contributed by atoms with E-state index in [0.717, 1.165) is 23.2 Å². The van der Waals surface area contributed by atoms with Gasteiger partial charge in [0.1, 0.15) is 6.04 Å². The van der Waals surface area contributed by atoms with Crippen molar-refractivity contribution in [3.8, 4) is 12.3 Å². The Morgan fingerprint density at radius 2 is 1.91 bits per heavy atom. The molecule has 1 aromatic rings. The second-order valence-corrected chi connectivity index (χ2v) is 5.41. The SMILES string of the molecule is C#CCN(C(C)=O)[C@@H](CCC)C(=O)Nc1c(C)cccc1C. The Labute approximate surface area is 132 Å². The largest absolute Gasteiger partial charge is 0.324 e. The lowest BCUT2D eigenvalue weighted by Crippen LogP contribution is -2.46. The number of aryl methyl sites for hydroxylation is 2. The van der Waals surface area contributed by atoms with Crippen molar-refractivity contribution in [3.05, 3.63) is 29.3 Å². The van der Waals surface area contributed by atoms with Gasteiger partial charge in [-0.1, -0.05) is 37.5 Å². The number of hydrogen-bond acceptors (Lipinski definition) is 2. The number of rotatable bonds is 6. The molecule has 0 saturated heterocycles. The molecule has 118 valence electrons. The van der Waals surface area contributed by atoms with E-state index in [-0.39, 0.29) is 18.4 Å². The third-order valence-electron chi connectivity index (χ3n) is 3.64. The van der Waals surface area contributed by atoms with Crippen molar-refractivity contribution < 1.29 is 9.59 Å². The van der Waals surface area contributed by atoms with Gasteiger partial charge in [-0.05, 0) is 31.4 Å². The molecule has 0 aromatic heterocycles. The molecule has 0 aliphatic rings. The van der Waals surface area contributed by atoms with Crippen molar-refractivity contribution in [2.24, 2.45) is 0 Å². The Bertz CT molecular complexity index is 567. The number of amides is 2. The molecule has 0 aliphatic heterocycles. The molecular formula is C18H24N2O2. The fourth-order valence-electron chi connectivity index (χ4n) is 2.46. The quantitative estimate of drug-likeness (QED) is 0.821. The van der Waals surface area contributed by atoms with Crippen LogP contribution in [0.4, 0.5) is 5.69 Å². The maximum atomic E-state index is 12.7. The Morgan fingerprint density at radius 3 is 2.36 bits per heavy atom. The summed E-state index contributed by atoms with van der Waals surface area (Å²) < 4.78 is 0. The molecule has 0 spiro atoms. The van der Waals surface area contributed by atoms with Gasteiger partial charge in [-0.15, -0.1) is 6.42 Å². The van der Waals surface area contributed by atoms with Crippen molar-refractivity contribution >= 4 is 17.5 Å². The van der Waals surface area contributed by atoms with Gasteiger partial charge in [0.15, 0.2) is 0 Å². The van der Waals surface area contributed by atoms with Crippen LogP contribution in [-0.4, -0.2) is 29.3 Å². The summed E-state index contributed by atoms with van der Waals surface area (Å²) in [6.07, 6.45) is 6.70. The van der Waals surface area contributed by atoms with Crippen LogP contribution in [0.2, 0.25) is 0 Å². The number of para-hydroxylation sites is 1. The summed E-state index contributed by atoms with van der Waals surface area (Å²) in [5, 5.41) is 2.96. The minimum Gasteiger partial charge on any atom is -0.324 e. The monoisotopic (exact) mass is 300 g/mol. The molecule has 0 aliphatic carbocycles. The maximum Gasteiger partial charge on any atom is 0.247 e. The fourth-order valence-corrected chi connectivity index (χ4v) is 2.46. The average Bonchev–Trinajstić information content (AvgIpc) is 2.46. The summed E-state index contributed by atoms with van der Waals surface area (Å²) in [4.78, 5) is 25.9. The average molecular weight is 300 g/mol. The van der Waals surface area contributed by atoms with Crippen LogP contribution in [-0.2, 0) is 9.59 Å². The topological polar surface area (TPSA) is 49.4 Å². The number of benzene rings is 1. The van der Waals surface area contributed by atoms with Crippen molar-refractivity contribution in [2.45, 2.75) is 46.6 Å². The van der Waals surface area contributed by atoms with Crippen molar-refractivity contribution in [1.29, 1.82) is 0 Å². The highest BCUT2D eigenvalue weighted by molar-refractivity contribution is 5.98. The standard InChI is InChI=1S/C18H24N2O2/c1-6-9-16(20(12-7-2)15(5)21)18(22)19-17-13(3)10-8-11-14(17)4/h2,8,10-11,16H,6,9,12H2,1,3-5H3,(H,19,22)/t16-/m0/s1. The van der Waals surface area contributed by atoms with Crippen molar-refractivity contribution in [2.75, 3.05) is 11.9 Å². The van der Waals surface area contributed by atoms with Crippen LogP contribution < -0.4 is 5.32 Å². The third kappa shape index (κ3) is 4.36. The second kappa shape index (κ2) is 8.23. The zero-order chi connectivity index (χ0) is 16.7. The summed E-state index contributed by atoms with van der Waals surface area (Å²) in [5.41, 5.74) is 2.79. The first kappa shape index (κ1) is 17.8. The van der Waals surface area contributed by atoms with Gasteiger partial charge < -0.3 is 10.2 Å². The third-order valence-corrected chi connectivity index (χ3v) is 3.64. The van der Waals surface area contributed by atoms with Gasteiger partial charge in [-0.25, -0.2) is 0 Å². The van der Waals surface area contributed by atoms with Crippen LogP contribution in [0, 0.1) is 26.2 Å². The van der Waals surface area contributed by atoms with E-state index in [4.69, 9.17) is 6.42 Å². The summed E-state index contributed by atoms with van der Waals surface area (Å²) in [6, 6.07) is 5.30. The normalized spacial score (nSPS) is 11.4. The highest BCUT2D eigenvalue weighted by Crippen LogP contribution is 2.21. The van der Waals surface area contributed by atoms with E-state index in [1.54, 1.807) is 0 Å². The first-order valence-corrected chi connectivity index (χ1v) is 7.50. The molecule has 0 heterocycles. The number of nitrogens with one attached hydrogen (secondary N) is 1. The predicted octanol–water partition coefficient (Wildman–Crippen LogP) is 2.89. The molecular weight excluding hydrogens is 276 g/mol. The summed E-state index contributed by atoms with van der Waals surface area (Å²) >= 11 is 0. The molecule has 0 bridgehead atoms. The number of nitrogens with zero attached hydrogens (tertiary/aromatic N) is 1. The van der Waals surface area contributed by atoms with Gasteiger partial charge in [-0.3, -0.25) is 9.59 Å². The number of terminal acetylenes is 1. The van der Waals surface area contributed by atoms with Crippen LogP contribution in [0.15, 0.2) is 18.2 Å². The van der Waals surface area contributed by atoms with Crippen LogP contribution in [0.3, 0.4) is 0 Å². The van der Waals surface area contributed by atoms with E-state index in [9.17, 15) is 9.59 Å². The first-order chi connectivity index (χ1) is 10.4. The van der Waals surface area contributed by atoms with Gasteiger partial charge >= 0.3 is 0 Å². The zero-order valence-corrected chi connectivity index (χ0v) is 13.8. The van der Waals surface area contributed by atoms with Crippen LogP contribution in [0.25, 0.3) is 0 Å². The van der Waals surface area contributed by atoms with E-state index in [0.29, 0.717) is 6.42 Å². The van der Waals surface area contributed by atoms with Crippen molar-refractivity contribution in [3.63, 3.8) is 0 Å². The van der Waals surface area contributed by atoms with Gasteiger partial charge in [0.2, 0.25) is 11.8 Å². The van der Waals surface area contributed by atoms with E-state index in [1.165, 1.54) is 11.8 Å². The second-order valence-electron chi connectivity index (χ2n) is 5.41. The molecule has 1 atom stereocenters. The maximum absolute atomic E-state index is 12.7. The molecule has 0 radical (unpaired) electrons. The number of carbonyl (C=O) groups excluding carboxylic acids is 2. The minimum atomic E-state index is -0.544. The number of carbonyl (C=O) groups is 2. The molecule has 2 amide bonds. The fraction of sp³-hybridized carbons (Fsp3) is 0.444. The van der Waals surface area contributed by atoms with Gasteiger partial charge in [0.25, 0.3) is 0 Å². The minimum absolute atomic E-state index is 0.139. The van der Waals surface area contributed by atoms with E-state index < -0.39 is 6.04 Å². The molecule has 4 heteroatoms. The lowest BCUT2D eigenvalue weighted by molar-refractivity contribution is -0.136. The molecule has 0 saturated carbocycles. The molecule has 4 nitrogen and oxygen atoms in total.